The summed E-state index contributed by atoms with van der Waals surface area (Å²) in [5, 5.41) is 3.67. The van der Waals surface area contributed by atoms with Crippen LogP contribution in [0.3, 0.4) is 0 Å². The van der Waals surface area contributed by atoms with E-state index in [0.717, 1.165) is 5.56 Å². The third-order valence-electron chi connectivity index (χ3n) is 2.70. The molecule has 1 unspecified atom stereocenters. The lowest BCUT2D eigenvalue weighted by molar-refractivity contribution is 0.392. The Morgan fingerprint density at radius 2 is 2.15 bits per heavy atom. The summed E-state index contributed by atoms with van der Waals surface area (Å²) in [4.78, 5) is 0. The van der Waals surface area contributed by atoms with Crippen LogP contribution in [-0.4, -0.2) is 13.6 Å². The van der Waals surface area contributed by atoms with Crippen LogP contribution < -0.4 is 10.5 Å². The van der Waals surface area contributed by atoms with Crippen molar-refractivity contribution in [2.24, 2.45) is 5.73 Å². The van der Waals surface area contributed by atoms with Crippen molar-refractivity contribution in [1.82, 2.24) is 5.16 Å². The lowest BCUT2D eigenvalue weighted by Gasteiger charge is -2.10. The Morgan fingerprint density at radius 1 is 1.40 bits per heavy atom. The molecule has 2 rings (SSSR count). The molecule has 0 spiro atoms. The van der Waals surface area contributed by atoms with Crippen LogP contribution in [0.1, 0.15) is 30.0 Å². The fourth-order valence-corrected chi connectivity index (χ4v) is 2.87. The summed E-state index contributed by atoms with van der Waals surface area (Å²) in [6, 6.07) is 8.45. The van der Waals surface area contributed by atoms with Crippen LogP contribution in [0.25, 0.3) is 0 Å². The van der Waals surface area contributed by atoms with Crippen molar-refractivity contribution < 1.29 is 12.9 Å². The summed E-state index contributed by atoms with van der Waals surface area (Å²) in [5.41, 5.74) is 7.50. The molecule has 1 aromatic heterocycles. The predicted molar refractivity (Wildman–Crippen MR) is 76.5 cm³/mol. The minimum Gasteiger partial charge on any atom is -0.361 e. The molecule has 1 aromatic carbocycles. The van der Waals surface area contributed by atoms with Crippen LogP contribution in [-0.2, 0) is 15.8 Å². The Morgan fingerprint density at radius 3 is 2.75 bits per heavy atom. The number of anilines is 1. The number of nitrogens with one attached hydrogen (secondary N) is 1. The molecular weight excluding hydrogens is 278 g/mol. The lowest BCUT2D eigenvalue weighted by atomic mass is 10.1. The normalized spacial score (nSPS) is 13.2. The van der Waals surface area contributed by atoms with Gasteiger partial charge in [-0.2, -0.15) is 0 Å². The highest BCUT2D eigenvalue weighted by molar-refractivity contribution is 7.91. The van der Waals surface area contributed by atoms with Gasteiger partial charge < -0.3 is 10.3 Å². The quantitative estimate of drug-likeness (QED) is 0.878. The van der Waals surface area contributed by atoms with Gasteiger partial charge in [0.2, 0.25) is 10.0 Å². The minimum atomic E-state index is -3.53. The molecule has 1 atom stereocenters. The van der Waals surface area contributed by atoms with Crippen LogP contribution in [0.4, 0.5) is 5.69 Å². The number of aryl methyl sites for hydroxylation is 1. The van der Waals surface area contributed by atoms with Crippen LogP contribution in [0.15, 0.2) is 34.9 Å². The second-order valence-electron chi connectivity index (χ2n) is 4.70. The zero-order chi connectivity index (χ0) is 14.8. The van der Waals surface area contributed by atoms with Crippen LogP contribution >= 0.6 is 0 Å². The van der Waals surface area contributed by atoms with Gasteiger partial charge >= 0.3 is 0 Å². The Labute approximate surface area is 118 Å². The first-order chi connectivity index (χ1) is 9.35. The highest BCUT2D eigenvalue weighted by Gasteiger charge is 2.15. The summed E-state index contributed by atoms with van der Waals surface area (Å²) in [5.74, 6) is 0.349. The number of hydrogen-bond acceptors (Lipinski definition) is 5. The molecule has 1 heterocycles. The van der Waals surface area contributed by atoms with Gasteiger partial charge in [-0.25, -0.2) is 8.42 Å². The fraction of sp³-hybridized carbons (Fsp3) is 0.308. The molecule has 20 heavy (non-hydrogen) atoms. The molecule has 7 heteroatoms. The zero-order valence-electron chi connectivity index (χ0n) is 11.3. The van der Waals surface area contributed by atoms with Gasteiger partial charge in [-0.05, 0) is 31.5 Å². The van der Waals surface area contributed by atoms with Gasteiger partial charge in [-0.1, -0.05) is 17.3 Å². The summed E-state index contributed by atoms with van der Waals surface area (Å²) >= 11 is 0. The van der Waals surface area contributed by atoms with Gasteiger partial charge in [0, 0.05) is 17.8 Å². The van der Waals surface area contributed by atoms with Crippen molar-refractivity contribution in [3.05, 3.63) is 47.3 Å². The number of benzene rings is 1. The van der Waals surface area contributed by atoms with Crippen LogP contribution in [0.2, 0.25) is 0 Å². The fourth-order valence-electron chi connectivity index (χ4n) is 1.78. The van der Waals surface area contributed by atoms with E-state index in [0.29, 0.717) is 17.1 Å². The number of sulfonamides is 1. The maximum absolute atomic E-state index is 12.0. The monoisotopic (exact) mass is 295 g/mol. The first-order valence-corrected chi connectivity index (χ1v) is 7.79. The third kappa shape index (κ3) is 3.82. The van der Waals surface area contributed by atoms with E-state index in [1.165, 1.54) is 0 Å². The van der Waals surface area contributed by atoms with E-state index in [-0.39, 0.29) is 11.8 Å². The SMILES string of the molecule is Cc1cc(CS(=O)(=O)Nc2cccc(C(C)N)c2)no1. The first kappa shape index (κ1) is 14.5. The Kier molecular flexibility index (Phi) is 4.10. The van der Waals surface area contributed by atoms with Gasteiger partial charge in [0.1, 0.15) is 17.2 Å². The van der Waals surface area contributed by atoms with Gasteiger partial charge in [0.25, 0.3) is 0 Å². The van der Waals surface area contributed by atoms with Gasteiger partial charge in [0.05, 0.1) is 0 Å². The van der Waals surface area contributed by atoms with E-state index in [4.69, 9.17) is 10.3 Å². The number of nitrogens with zero attached hydrogens (tertiary/aromatic N) is 1. The van der Waals surface area contributed by atoms with Crippen molar-refractivity contribution in [1.29, 1.82) is 0 Å². The third-order valence-corrected chi connectivity index (χ3v) is 3.92. The van der Waals surface area contributed by atoms with E-state index in [1.54, 1.807) is 31.2 Å². The van der Waals surface area contributed by atoms with E-state index in [2.05, 4.69) is 9.88 Å². The highest BCUT2D eigenvalue weighted by atomic mass is 32.2. The molecule has 0 fully saturated rings. The Hall–Kier alpha value is -1.86. The highest BCUT2D eigenvalue weighted by Crippen LogP contribution is 2.18. The molecule has 108 valence electrons. The molecule has 0 saturated carbocycles. The molecule has 0 amide bonds. The molecular formula is C13H17N3O3S. The van der Waals surface area contributed by atoms with E-state index in [1.807, 2.05) is 13.0 Å². The molecule has 2 aromatic rings. The van der Waals surface area contributed by atoms with Crippen molar-refractivity contribution in [3.8, 4) is 0 Å². The Balaban J connectivity index is 2.13. The van der Waals surface area contributed by atoms with E-state index >= 15 is 0 Å². The zero-order valence-corrected chi connectivity index (χ0v) is 12.1. The van der Waals surface area contributed by atoms with Crippen molar-refractivity contribution in [2.75, 3.05) is 4.72 Å². The second kappa shape index (κ2) is 5.64. The maximum Gasteiger partial charge on any atom is 0.238 e. The smallest absolute Gasteiger partial charge is 0.238 e. The van der Waals surface area contributed by atoms with Crippen LogP contribution in [0, 0.1) is 6.92 Å². The first-order valence-electron chi connectivity index (χ1n) is 6.14. The van der Waals surface area contributed by atoms with Gasteiger partial charge in [0.15, 0.2) is 0 Å². The largest absolute Gasteiger partial charge is 0.361 e. The van der Waals surface area contributed by atoms with Crippen molar-refractivity contribution >= 4 is 15.7 Å². The second-order valence-corrected chi connectivity index (χ2v) is 6.43. The van der Waals surface area contributed by atoms with Crippen LogP contribution in [0.5, 0.6) is 0 Å². The van der Waals surface area contributed by atoms with E-state index < -0.39 is 10.0 Å². The number of aromatic nitrogens is 1. The molecule has 0 aliphatic rings. The molecule has 0 bridgehead atoms. The van der Waals surface area contributed by atoms with Crippen molar-refractivity contribution in [3.63, 3.8) is 0 Å². The summed E-state index contributed by atoms with van der Waals surface area (Å²) in [7, 11) is -3.53. The average Bonchev–Trinajstić information content (AvgIpc) is 2.73. The van der Waals surface area contributed by atoms with E-state index in [9.17, 15) is 8.42 Å². The molecule has 0 radical (unpaired) electrons. The number of nitrogens with two attached hydrogens (primary N) is 1. The molecule has 3 N–H and O–H groups in total. The standard InChI is InChI=1S/C13H17N3O3S/c1-9-6-13(15-19-9)8-20(17,18)16-12-5-3-4-11(7-12)10(2)14/h3-7,10,16H,8,14H2,1-2H3. The topological polar surface area (TPSA) is 98.2 Å². The molecule has 0 saturated heterocycles. The predicted octanol–water partition coefficient (Wildman–Crippen LogP) is 1.94. The molecule has 0 aliphatic carbocycles. The van der Waals surface area contributed by atoms with Gasteiger partial charge in [-0.15, -0.1) is 0 Å². The summed E-state index contributed by atoms with van der Waals surface area (Å²) in [6.45, 7) is 3.55. The lowest BCUT2D eigenvalue weighted by Crippen LogP contribution is -2.15. The Bertz CT molecular complexity index is 692. The summed E-state index contributed by atoms with van der Waals surface area (Å²) < 4.78 is 31.4. The molecule has 0 aliphatic heterocycles. The average molecular weight is 295 g/mol. The van der Waals surface area contributed by atoms with Gasteiger partial charge in [-0.3, -0.25) is 4.72 Å². The van der Waals surface area contributed by atoms with Crippen molar-refractivity contribution in [2.45, 2.75) is 25.6 Å². The molecule has 6 nitrogen and oxygen atoms in total. The maximum atomic E-state index is 12.0. The number of hydrogen-bond donors (Lipinski definition) is 2. The minimum absolute atomic E-state index is 0.155. The number of rotatable bonds is 5. The summed E-state index contributed by atoms with van der Waals surface area (Å²) in [6.07, 6.45) is 0.